The van der Waals surface area contributed by atoms with Gasteiger partial charge in [0, 0.05) is 16.3 Å². The summed E-state index contributed by atoms with van der Waals surface area (Å²) in [4.78, 5) is 4.05. The maximum atomic E-state index is 14.2. The van der Waals surface area contributed by atoms with E-state index < -0.39 is 12.0 Å². The fourth-order valence-electron chi connectivity index (χ4n) is 5.25. The molecule has 0 saturated heterocycles. The lowest BCUT2D eigenvalue weighted by Crippen LogP contribution is -2.14. The Bertz CT molecular complexity index is 1530. The van der Waals surface area contributed by atoms with E-state index in [0.717, 1.165) is 41.2 Å². The fraction of sp³-hybridized carbons (Fsp3) is 0.179. The molecular weight excluding hydrogens is 421 g/mol. The highest BCUT2D eigenvalue weighted by Gasteiger charge is 2.38. The third kappa shape index (κ3) is 3.22. The van der Waals surface area contributed by atoms with Crippen molar-refractivity contribution in [2.45, 2.75) is 31.4 Å². The number of benzene rings is 3. The molecule has 0 spiro atoms. The summed E-state index contributed by atoms with van der Waals surface area (Å²) in [6, 6.07) is 24.9. The number of fused-ring (bicyclic) bond motifs is 5. The van der Waals surface area contributed by atoms with Crippen molar-refractivity contribution in [3.63, 3.8) is 0 Å². The Kier molecular flexibility index (Phi) is 4.54. The van der Waals surface area contributed by atoms with Gasteiger partial charge in [0.2, 0.25) is 5.82 Å². The summed E-state index contributed by atoms with van der Waals surface area (Å²) in [5.41, 5.74) is 4.83. The second-order valence-corrected chi connectivity index (χ2v) is 8.64. The van der Waals surface area contributed by atoms with Crippen LogP contribution < -0.4 is 0 Å². The van der Waals surface area contributed by atoms with Crippen LogP contribution in [0.1, 0.15) is 42.1 Å². The topological polar surface area (TPSA) is 17.3 Å². The standard InChI is InChI=1S/C28H21F3N2/c29-28(30,31)27-32-23-12-6-4-10-21(23)26-25(22-11-5-7-13-24(22)33(26)27)20-16-14-19(15-17-20)18-8-2-1-3-9-18/h1-13,16,19H,14-15,17H2. The highest BCUT2D eigenvalue weighted by molar-refractivity contribution is 6.10. The minimum absolute atomic E-state index is 0.361. The van der Waals surface area contributed by atoms with Crippen LogP contribution in [0.5, 0.6) is 0 Å². The van der Waals surface area contributed by atoms with E-state index in [9.17, 15) is 13.2 Å². The molecule has 164 valence electrons. The maximum Gasteiger partial charge on any atom is 0.450 e. The Morgan fingerprint density at radius 1 is 0.818 bits per heavy atom. The second-order valence-electron chi connectivity index (χ2n) is 8.64. The zero-order valence-electron chi connectivity index (χ0n) is 17.8. The van der Waals surface area contributed by atoms with Crippen LogP contribution in [0.4, 0.5) is 13.2 Å². The number of nitrogens with zero attached hydrogens (tertiary/aromatic N) is 2. The average molecular weight is 442 g/mol. The number of aromatic nitrogens is 2. The summed E-state index contributed by atoms with van der Waals surface area (Å²) in [6.45, 7) is 0. The Morgan fingerprint density at radius 3 is 2.24 bits per heavy atom. The Balaban J connectivity index is 1.64. The monoisotopic (exact) mass is 442 g/mol. The predicted molar refractivity (Wildman–Crippen MR) is 126 cm³/mol. The van der Waals surface area contributed by atoms with E-state index in [-0.39, 0.29) is 0 Å². The van der Waals surface area contributed by atoms with Crippen LogP contribution in [-0.4, -0.2) is 9.38 Å². The first-order chi connectivity index (χ1) is 16.0. The van der Waals surface area contributed by atoms with Crippen molar-refractivity contribution in [1.82, 2.24) is 9.38 Å². The molecule has 1 unspecified atom stereocenters. The third-order valence-electron chi connectivity index (χ3n) is 6.73. The summed E-state index contributed by atoms with van der Waals surface area (Å²) < 4.78 is 43.8. The number of hydrogen-bond donors (Lipinski definition) is 0. The number of halogens is 3. The SMILES string of the molecule is FC(F)(F)c1nc2ccccc2c2c(C3=CCC(c4ccccc4)CC3)c3ccccc3n12. The van der Waals surface area contributed by atoms with E-state index in [4.69, 9.17) is 0 Å². The van der Waals surface area contributed by atoms with Gasteiger partial charge in [-0.05, 0) is 48.4 Å². The van der Waals surface area contributed by atoms with Crippen molar-refractivity contribution in [3.8, 4) is 0 Å². The molecule has 0 N–H and O–H groups in total. The van der Waals surface area contributed by atoms with Crippen molar-refractivity contribution in [3.05, 3.63) is 102 Å². The van der Waals surface area contributed by atoms with Gasteiger partial charge in [0.15, 0.2) is 0 Å². The lowest BCUT2D eigenvalue weighted by Gasteiger charge is -2.23. The van der Waals surface area contributed by atoms with Crippen LogP contribution in [0.25, 0.3) is 32.9 Å². The molecule has 0 amide bonds. The Hall–Kier alpha value is -3.60. The first kappa shape index (κ1) is 20.0. The van der Waals surface area contributed by atoms with Gasteiger partial charge in [-0.3, -0.25) is 4.40 Å². The average Bonchev–Trinajstić information content (AvgIpc) is 3.19. The van der Waals surface area contributed by atoms with Crippen LogP contribution in [0.15, 0.2) is 84.9 Å². The lowest BCUT2D eigenvalue weighted by atomic mass is 9.82. The highest BCUT2D eigenvalue weighted by atomic mass is 19.4. The Morgan fingerprint density at radius 2 is 1.52 bits per heavy atom. The molecule has 1 aliphatic carbocycles. The van der Waals surface area contributed by atoms with Gasteiger partial charge in [0.25, 0.3) is 0 Å². The molecule has 2 aromatic heterocycles. The number of para-hydroxylation sites is 2. The van der Waals surface area contributed by atoms with Crippen molar-refractivity contribution >= 4 is 32.9 Å². The quantitative estimate of drug-likeness (QED) is 0.271. The molecule has 0 fully saturated rings. The molecule has 0 saturated carbocycles. The predicted octanol–water partition coefficient (Wildman–Crippen LogP) is 8.01. The zero-order valence-corrected chi connectivity index (χ0v) is 17.8. The molecule has 3 aromatic carbocycles. The molecule has 5 aromatic rings. The lowest BCUT2D eigenvalue weighted by molar-refractivity contribution is -0.145. The molecule has 0 radical (unpaired) electrons. The first-order valence-corrected chi connectivity index (χ1v) is 11.2. The fourth-order valence-corrected chi connectivity index (χ4v) is 5.25. The molecule has 0 bridgehead atoms. The van der Waals surface area contributed by atoms with E-state index in [1.54, 1.807) is 24.3 Å². The molecule has 6 rings (SSSR count). The normalized spacial score (nSPS) is 17.1. The highest BCUT2D eigenvalue weighted by Crippen LogP contribution is 2.44. The van der Waals surface area contributed by atoms with Crippen molar-refractivity contribution < 1.29 is 13.2 Å². The molecule has 1 atom stereocenters. The summed E-state index contributed by atoms with van der Waals surface area (Å²) >= 11 is 0. The molecule has 33 heavy (non-hydrogen) atoms. The molecule has 2 nitrogen and oxygen atoms in total. The Labute approximate surface area is 189 Å². The van der Waals surface area contributed by atoms with Gasteiger partial charge in [0.05, 0.1) is 16.6 Å². The number of allylic oxidation sites excluding steroid dienone is 2. The van der Waals surface area contributed by atoms with Gasteiger partial charge < -0.3 is 0 Å². The van der Waals surface area contributed by atoms with Crippen molar-refractivity contribution in [2.75, 3.05) is 0 Å². The number of rotatable bonds is 2. The molecular formula is C28H21F3N2. The van der Waals surface area contributed by atoms with Gasteiger partial charge in [0.1, 0.15) is 0 Å². The van der Waals surface area contributed by atoms with Gasteiger partial charge in [-0.15, -0.1) is 0 Å². The van der Waals surface area contributed by atoms with Crippen molar-refractivity contribution in [1.29, 1.82) is 0 Å². The smallest absolute Gasteiger partial charge is 0.289 e. The molecule has 2 heterocycles. The van der Waals surface area contributed by atoms with Crippen LogP contribution >= 0.6 is 0 Å². The van der Waals surface area contributed by atoms with E-state index in [2.05, 4.69) is 35.3 Å². The minimum Gasteiger partial charge on any atom is -0.289 e. The van der Waals surface area contributed by atoms with Gasteiger partial charge in [-0.25, -0.2) is 4.98 Å². The third-order valence-corrected chi connectivity index (χ3v) is 6.73. The second kappa shape index (κ2) is 7.48. The van der Waals surface area contributed by atoms with E-state index in [1.807, 2.05) is 30.3 Å². The van der Waals surface area contributed by atoms with Gasteiger partial charge in [-0.1, -0.05) is 72.8 Å². The summed E-state index contributed by atoms with van der Waals surface area (Å²) in [5, 5.41) is 1.58. The van der Waals surface area contributed by atoms with E-state index in [1.165, 1.54) is 9.96 Å². The van der Waals surface area contributed by atoms with Gasteiger partial charge >= 0.3 is 6.18 Å². The first-order valence-electron chi connectivity index (χ1n) is 11.2. The maximum absolute atomic E-state index is 14.2. The number of hydrogen-bond acceptors (Lipinski definition) is 1. The van der Waals surface area contributed by atoms with Crippen LogP contribution in [-0.2, 0) is 6.18 Å². The van der Waals surface area contributed by atoms with Crippen molar-refractivity contribution in [2.24, 2.45) is 0 Å². The molecule has 5 heteroatoms. The van der Waals surface area contributed by atoms with Crippen LogP contribution in [0.2, 0.25) is 0 Å². The molecule has 0 aliphatic heterocycles. The minimum atomic E-state index is -4.57. The van der Waals surface area contributed by atoms with Crippen LogP contribution in [0, 0.1) is 0 Å². The van der Waals surface area contributed by atoms with Gasteiger partial charge in [-0.2, -0.15) is 13.2 Å². The summed E-state index contributed by atoms with van der Waals surface area (Å²) in [7, 11) is 0. The molecule has 1 aliphatic rings. The van der Waals surface area contributed by atoms with E-state index >= 15 is 0 Å². The summed E-state index contributed by atoms with van der Waals surface area (Å²) in [6.07, 6.45) is 0.324. The van der Waals surface area contributed by atoms with E-state index in [0.29, 0.717) is 22.5 Å². The van der Waals surface area contributed by atoms with Crippen LogP contribution in [0.3, 0.4) is 0 Å². The summed E-state index contributed by atoms with van der Waals surface area (Å²) in [5.74, 6) is -0.448. The number of alkyl halides is 3. The zero-order chi connectivity index (χ0) is 22.6. The largest absolute Gasteiger partial charge is 0.450 e.